The lowest BCUT2D eigenvalue weighted by atomic mass is 10.4. The summed E-state index contributed by atoms with van der Waals surface area (Å²) in [5.74, 6) is 0.632. The van der Waals surface area contributed by atoms with E-state index in [1.165, 1.54) is 6.20 Å². The summed E-state index contributed by atoms with van der Waals surface area (Å²) in [5.41, 5.74) is 2.47. The average Bonchev–Trinajstić information content (AvgIpc) is 2.58. The number of nitrogens with zero attached hydrogens (tertiary/aromatic N) is 4. The fourth-order valence-corrected chi connectivity index (χ4v) is 1.43. The van der Waals surface area contributed by atoms with E-state index in [9.17, 15) is 0 Å². The molecule has 0 amide bonds. The maximum atomic E-state index is 8.95. The Morgan fingerprint density at radius 3 is 2.73 bits per heavy atom. The van der Waals surface area contributed by atoms with E-state index >= 15 is 0 Å². The van der Waals surface area contributed by atoms with Gasteiger partial charge in [-0.25, -0.2) is 9.67 Å². The molecule has 15 heavy (non-hydrogen) atoms. The van der Waals surface area contributed by atoms with Crippen molar-refractivity contribution in [3.05, 3.63) is 35.5 Å². The van der Waals surface area contributed by atoms with Crippen molar-refractivity contribution in [1.82, 2.24) is 19.7 Å². The van der Waals surface area contributed by atoms with E-state index in [1.807, 2.05) is 19.9 Å². The van der Waals surface area contributed by atoms with Crippen molar-refractivity contribution in [1.29, 1.82) is 0 Å². The molecule has 0 bridgehead atoms. The monoisotopic (exact) mass is 204 g/mol. The molecule has 2 heterocycles. The van der Waals surface area contributed by atoms with Gasteiger partial charge in [0, 0.05) is 5.69 Å². The van der Waals surface area contributed by atoms with Crippen LogP contribution >= 0.6 is 0 Å². The van der Waals surface area contributed by atoms with Crippen LogP contribution in [0.25, 0.3) is 5.82 Å². The SMILES string of the molecule is Cc1cc(C)n(-c2cncc(CO)n2)n1. The summed E-state index contributed by atoms with van der Waals surface area (Å²) < 4.78 is 1.71. The summed E-state index contributed by atoms with van der Waals surface area (Å²) in [4.78, 5) is 8.22. The number of aromatic nitrogens is 4. The molecule has 2 aromatic rings. The number of hydrogen-bond donors (Lipinski definition) is 1. The molecule has 0 saturated heterocycles. The summed E-state index contributed by atoms with van der Waals surface area (Å²) in [7, 11) is 0. The molecule has 1 N–H and O–H groups in total. The number of rotatable bonds is 2. The van der Waals surface area contributed by atoms with Crippen LogP contribution in [0.5, 0.6) is 0 Å². The Morgan fingerprint density at radius 2 is 2.13 bits per heavy atom. The van der Waals surface area contributed by atoms with E-state index in [0.29, 0.717) is 11.5 Å². The quantitative estimate of drug-likeness (QED) is 0.784. The lowest BCUT2D eigenvalue weighted by molar-refractivity contribution is 0.276. The molecule has 0 aliphatic carbocycles. The van der Waals surface area contributed by atoms with Crippen LogP contribution in [0, 0.1) is 13.8 Å². The van der Waals surface area contributed by atoms with Crippen molar-refractivity contribution in [2.75, 3.05) is 0 Å². The van der Waals surface area contributed by atoms with Crippen LogP contribution in [-0.2, 0) is 6.61 Å². The molecule has 0 atom stereocenters. The first-order valence-electron chi connectivity index (χ1n) is 4.66. The van der Waals surface area contributed by atoms with Crippen LogP contribution in [0.15, 0.2) is 18.5 Å². The van der Waals surface area contributed by atoms with Gasteiger partial charge in [0.15, 0.2) is 5.82 Å². The zero-order valence-corrected chi connectivity index (χ0v) is 8.68. The van der Waals surface area contributed by atoms with Crippen molar-refractivity contribution in [3.8, 4) is 5.82 Å². The third-order valence-electron chi connectivity index (χ3n) is 2.06. The molecule has 0 spiro atoms. The van der Waals surface area contributed by atoms with Crippen molar-refractivity contribution in [3.63, 3.8) is 0 Å². The van der Waals surface area contributed by atoms with Gasteiger partial charge in [0.1, 0.15) is 0 Å². The lowest BCUT2D eigenvalue weighted by Gasteiger charge is -2.03. The van der Waals surface area contributed by atoms with E-state index in [4.69, 9.17) is 5.11 Å². The summed E-state index contributed by atoms with van der Waals surface area (Å²) in [6, 6.07) is 1.97. The van der Waals surface area contributed by atoms with Gasteiger partial charge in [-0.15, -0.1) is 0 Å². The summed E-state index contributed by atoms with van der Waals surface area (Å²) in [6.45, 7) is 3.76. The molecule has 2 aromatic heterocycles. The predicted octanol–water partition coefficient (Wildman–Crippen LogP) is 0.771. The Kier molecular flexibility index (Phi) is 2.47. The molecule has 0 fully saturated rings. The van der Waals surface area contributed by atoms with Crippen molar-refractivity contribution < 1.29 is 5.11 Å². The van der Waals surface area contributed by atoms with Gasteiger partial charge in [-0.3, -0.25) is 4.98 Å². The van der Waals surface area contributed by atoms with E-state index < -0.39 is 0 Å². The minimum absolute atomic E-state index is 0.111. The maximum absolute atomic E-state index is 8.95. The fourth-order valence-electron chi connectivity index (χ4n) is 1.43. The Hall–Kier alpha value is -1.75. The molecule has 5 nitrogen and oxygen atoms in total. The fraction of sp³-hybridized carbons (Fsp3) is 0.300. The Labute approximate surface area is 87.4 Å². The largest absolute Gasteiger partial charge is 0.390 e. The molecule has 0 unspecified atom stereocenters. The third-order valence-corrected chi connectivity index (χ3v) is 2.06. The highest BCUT2D eigenvalue weighted by Gasteiger charge is 2.05. The zero-order chi connectivity index (χ0) is 10.8. The van der Waals surface area contributed by atoms with Gasteiger partial charge < -0.3 is 5.11 Å². The molecular weight excluding hydrogens is 192 g/mol. The summed E-state index contributed by atoms with van der Waals surface area (Å²) >= 11 is 0. The van der Waals surface area contributed by atoms with E-state index in [0.717, 1.165) is 11.4 Å². The number of aliphatic hydroxyl groups is 1. The van der Waals surface area contributed by atoms with E-state index in [1.54, 1.807) is 10.9 Å². The minimum atomic E-state index is -0.111. The molecule has 2 rings (SSSR count). The van der Waals surface area contributed by atoms with Crippen LogP contribution in [-0.4, -0.2) is 24.9 Å². The smallest absolute Gasteiger partial charge is 0.172 e. The standard InChI is InChI=1S/C10H12N4O/c1-7-3-8(2)14(13-7)10-5-11-4-9(6-15)12-10/h3-5,15H,6H2,1-2H3. The van der Waals surface area contributed by atoms with Gasteiger partial charge in [-0.05, 0) is 19.9 Å². The molecular formula is C10H12N4O. The first-order valence-corrected chi connectivity index (χ1v) is 4.66. The molecule has 0 aliphatic heterocycles. The minimum Gasteiger partial charge on any atom is -0.390 e. The maximum Gasteiger partial charge on any atom is 0.172 e. The van der Waals surface area contributed by atoms with Crippen LogP contribution in [0.3, 0.4) is 0 Å². The van der Waals surface area contributed by atoms with Gasteiger partial charge in [0.25, 0.3) is 0 Å². The summed E-state index contributed by atoms with van der Waals surface area (Å²) in [5, 5.41) is 13.2. The normalized spacial score (nSPS) is 10.6. The molecule has 78 valence electrons. The summed E-state index contributed by atoms with van der Waals surface area (Å²) in [6.07, 6.45) is 3.16. The highest BCUT2D eigenvalue weighted by atomic mass is 16.3. The topological polar surface area (TPSA) is 63.8 Å². The van der Waals surface area contributed by atoms with Crippen molar-refractivity contribution in [2.45, 2.75) is 20.5 Å². The second-order valence-electron chi connectivity index (χ2n) is 3.37. The van der Waals surface area contributed by atoms with Crippen LogP contribution in [0.4, 0.5) is 0 Å². The third kappa shape index (κ3) is 1.87. The van der Waals surface area contributed by atoms with Crippen LogP contribution in [0.1, 0.15) is 17.1 Å². The first-order chi connectivity index (χ1) is 7.20. The van der Waals surface area contributed by atoms with Crippen molar-refractivity contribution in [2.24, 2.45) is 0 Å². The molecule has 0 aliphatic rings. The number of aryl methyl sites for hydroxylation is 2. The van der Waals surface area contributed by atoms with Gasteiger partial charge in [0.2, 0.25) is 0 Å². The van der Waals surface area contributed by atoms with Gasteiger partial charge >= 0.3 is 0 Å². The zero-order valence-electron chi connectivity index (χ0n) is 8.68. The predicted molar refractivity (Wildman–Crippen MR) is 54.6 cm³/mol. The van der Waals surface area contributed by atoms with Crippen molar-refractivity contribution >= 4 is 0 Å². The van der Waals surface area contributed by atoms with Crippen LogP contribution in [0.2, 0.25) is 0 Å². The average molecular weight is 204 g/mol. The molecule has 5 heteroatoms. The van der Waals surface area contributed by atoms with E-state index in [2.05, 4.69) is 15.1 Å². The van der Waals surface area contributed by atoms with Crippen LogP contribution < -0.4 is 0 Å². The highest BCUT2D eigenvalue weighted by molar-refractivity contribution is 5.23. The van der Waals surface area contributed by atoms with Gasteiger partial charge in [-0.1, -0.05) is 0 Å². The Bertz CT molecular complexity index is 478. The van der Waals surface area contributed by atoms with Gasteiger partial charge in [-0.2, -0.15) is 5.10 Å². The van der Waals surface area contributed by atoms with Gasteiger partial charge in [0.05, 0.1) is 30.4 Å². The highest BCUT2D eigenvalue weighted by Crippen LogP contribution is 2.08. The first kappa shape index (κ1) is 9.79. The number of hydrogen-bond acceptors (Lipinski definition) is 4. The molecule has 0 saturated carbocycles. The molecule has 0 aromatic carbocycles. The number of aliphatic hydroxyl groups excluding tert-OH is 1. The van der Waals surface area contributed by atoms with E-state index in [-0.39, 0.29) is 6.61 Å². The second kappa shape index (κ2) is 3.78. The Morgan fingerprint density at radius 1 is 1.33 bits per heavy atom. The lowest BCUT2D eigenvalue weighted by Crippen LogP contribution is -2.04. The Balaban J connectivity index is 2.49. The second-order valence-corrected chi connectivity index (χ2v) is 3.37. The molecule has 0 radical (unpaired) electrons.